The van der Waals surface area contributed by atoms with Crippen molar-refractivity contribution in [3.05, 3.63) is 29.8 Å². The molecule has 2 rings (SSSR count). The van der Waals surface area contributed by atoms with Crippen LogP contribution in [0.4, 0.5) is 0 Å². The van der Waals surface area contributed by atoms with E-state index in [1.165, 1.54) is 0 Å². The maximum atomic E-state index is 12.1. The van der Waals surface area contributed by atoms with E-state index < -0.39 is 0 Å². The van der Waals surface area contributed by atoms with Gasteiger partial charge in [0.15, 0.2) is 0 Å². The zero-order valence-corrected chi connectivity index (χ0v) is 13.0. The Morgan fingerprint density at radius 2 is 2.14 bits per heavy atom. The molecule has 0 saturated carbocycles. The van der Waals surface area contributed by atoms with Gasteiger partial charge in [0, 0.05) is 38.7 Å². The standard InChI is InChI=1S/C16H22N2O4/c1-21-8-7-17-16(20)13-9-15(19)18(11-13)10-12-5-3-4-6-14(12)22-2/h3-6,13H,7-11H2,1-2H3,(H,17,20). The normalized spacial score (nSPS) is 17.6. The van der Waals surface area contributed by atoms with Crippen LogP contribution in [0, 0.1) is 5.92 Å². The molecule has 1 aromatic rings. The van der Waals surface area contributed by atoms with Gasteiger partial charge in [-0.25, -0.2) is 0 Å². The van der Waals surface area contributed by atoms with Crippen LogP contribution in [0.3, 0.4) is 0 Å². The molecule has 6 heteroatoms. The predicted molar refractivity (Wildman–Crippen MR) is 81.4 cm³/mol. The van der Waals surface area contributed by atoms with Gasteiger partial charge >= 0.3 is 0 Å². The van der Waals surface area contributed by atoms with Gasteiger partial charge in [0.1, 0.15) is 5.75 Å². The maximum absolute atomic E-state index is 12.1. The summed E-state index contributed by atoms with van der Waals surface area (Å²) in [6, 6.07) is 7.59. The number of methoxy groups -OCH3 is 2. The van der Waals surface area contributed by atoms with E-state index in [0.717, 1.165) is 11.3 Å². The number of benzene rings is 1. The van der Waals surface area contributed by atoms with Crippen molar-refractivity contribution in [3.63, 3.8) is 0 Å². The van der Waals surface area contributed by atoms with Crippen molar-refractivity contribution in [2.45, 2.75) is 13.0 Å². The molecule has 0 bridgehead atoms. The van der Waals surface area contributed by atoms with Gasteiger partial charge in [0.2, 0.25) is 11.8 Å². The number of hydrogen-bond acceptors (Lipinski definition) is 4. The number of ether oxygens (including phenoxy) is 2. The van der Waals surface area contributed by atoms with Crippen molar-refractivity contribution < 1.29 is 19.1 Å². The molecule has 1 aliphatic rings. The largest absolute Gasteiger partial charge is 0.496 e. The number of para-hydroxylation sites is 1. The molecule has 0 aromatic heterocycles. The Balaban J connectivity index is 1.93. The molecule has 1 aromatic carbocycles. The fraction of sp³-hybridized carbons (Fsp3) is 0.500. The Hall–Kier alpha value is -2.08. The van der Waals surface area contributed by atoms with Crippen molar-refractivity contribution in [2.24, 2.45) is 5.92 Å². The molecule has 1 unspecified atom stereocenters. The molecule has 1 atom stereocenters. The molecule has 1 fully saturated rings. The van der Waals surface area contributed by atoms with Gasteiger partial charge in [-0.1, -0.05) is 18.2 Å². The lowest BCUT2D eigenvalue weighted by atomic mass is 10.1. The topological polar surface area (TPSA) is 67.9 Å². The van der Waals surface area contributed by atoms with E-state index in [1.807, 2.05) is 24.3 Å². The van der Waals surface area contributed by atoms with Crippen LogP contribution in [-0.4, -0.2) is 50.6 Å². The highest BCUT2D eigenvalue weighted by Gasteiger charge is 2.34. The summed E-state index contributed by atoms with van der Waals surface area (Å²) in [7, 11) is 3.19. The molecule has 1 heterocycles. The molecule has 2 amide bonds. The fourth-order valence-corrected chi connectivity index (χ4v) is 2.56. The van der Waals surface area contributed by atoms with E-state index in [-0.39, 0.29) is 24.2 Å². The average Bonchev–Trinajstić information content (AvgIpc) is 2.89. The summed E-state index contributed by atoms with van der Waals surface area (Å²) in [5, 5.41) is 2.79. The summed E-state index contributed by atoms with van der Waals surface area (Å²) in [5.74, 6) is 0.369. The number of carbonyl (C=O) groups excluding carboxylic acids is 2. The predicted octanol–water partition coefficient (Wildman–Crippen LogP) is 0.806. The van der Waals surface area contributed by atoms with Crippen LogP contribution in [0.25, 0.3) is 0 Å². The Morgan fingerprint density at radius 1 is 1.36 bits per heavy atom. The van der Waals surface area contributed by atoms with Crippen molar-refractivity contribution in [1.82, 2.24) is 10.2 Å². The highest BCUT2D eigenvalue weighted by atomic mass is 16.5. The lowest BCUT2D eigenvalue weighted by molar-refractivity contribution is -0.129. The first-order valence-corrected chi connectivity index (χ1v) is 7.32. The van der Waals surface area contributed by atoms with Crippen molar-refractivity contribution in [1.29, 1.82) is 0 Å². The quantitative estimate of drug-likeness (QED) is 0.757. The highest BCUT2D eigenvalue weighted by molar-refractivity contribution is 5.89. The van der Waals surface area contributed by atoms with Crippen molar-refractivity contribution in [2.75, 3.05) is 33.9 Å². The van der Waals surface area contributed by atoms with E-state index >= 15 is 0 Å². The lowest BCUT2D eigenvalue weighted by Gasteiger charge is -2.18. The van der Waals surface area contributed by atoms with Gasteiger partial charge in [-0.15, -0.1) is 0 Å². The first-order chi connectivity index (χ1) is 10.7. The number of amides is 2. The van der Waals surface area contributed by atoms with Crippen LogP contribution < -0.4 is 10.1 Å². The second kappa shape index (κ2) is 7.79. The molecule has 1 saturated heterocycles. The summed E-state index contributed by atoms with van der Waals surface area (Å²) in [6.45, 7) is 1.84. The smallest absolute Gasteiger partial charge is 0.225 e. The third-order valence-electron chi connectivity index (χ3n) is 3.74. The van der Waals surface area contributed by atoms with Gasteiger partial charge in [-0.2, -0.15) is 0 Å². The zero-order valence-electron chi connectivity index (χ0n) is 13.0. The third kappa shape index (κ3) is 3.98. The molecule has 0 spiro atoms. The monoisotopic (exact) mass is 306 g/mol. The minimum absolute atomic E-state index is 0.00204. The number of hydrogen-bond donors (Lipinski definition) is 1. The molecule has 0 aliphatic carbocycles. The van der Waals surface area contributed by atoms with Gasteiger partial charge in [0.05, 0.1) is 19.6 Å². The number of nitrogens with one attached hydrogen (secondary N) is 1. The summed E-state index contributed by atoms with van der Waals surface area (Å²) < 4.78 is 10.2. The SMILES string of the molecule is COCCNC(=O)C1CC(=O)N(Cc2ccccc2OC)C1. The molecule has 120 valence electrons. The van der Waals surface area contributed by atoms with Crippen LogP contribution in [0.15, 0.2) is 24.3 Å². The third-order valence-corrected chi connectivity index (χ3v) is 3.74. The molecule has 1 N–H and O–H groups in total. The maximum Gasteiger partial charge on any atom is 0.225 e. The highest BCUT2D eigenvalue weighted by Crippen LogP contribution is 2.24. The lowest BCUT2D eigenvalue weighted by Crippen LogP contribution is -2.34. The first kappa shape index (κ1) is 16.3. The van der Waals surface area contributed by atoms with E-state index in [2.05, 4.69) is 5.32 Å². The average molecular weight is 306 g/mol. The minimum atomic E-state index is -0.293. The van der Waals surface area contributed by atoms with Crippen LogP contribution >= 0.6 is 0 Å². The van der Waals surface area contributed by atoms with Crippen LogP contribution in [0.1, 0.15) is 12.0 Å². The zero-order chi connectivity index (χ0) is 15.9. The second-order valence-electron chi connectivity index (χ2n) is 5.27. The van der Waals surface area contributed by atoms with Crippen molar-refractivity contribution in [3.8, 4) is 5.75 Å². The Morgan fingerprint density at radius 3 is 2.86 bits per heavy atom. The molecule has 1 aliphatic heterocycles. The van der Waals surface area contributed by atoms with E-state index in [9.17, 15) is 9.59 Å². The van der Waals surface area contributed by atoms with Crippen LogP contribution in [0.5, 0.6) is 5.75 Å². The fourth-order valence-electron chi connectivity index (χ4n) is 2.56. The second-order valence-corrected chi connectivity index (χ2v) is 5.27. The van der Waals surface area contributed by atoms with E-state index in [0.29, 0.717) is 26.2 Å². The van der Waals surface area contributed by atoms with Crippen LogP contribution in [0.2, 0.25) is 0 Å². The molecule has 0 radical (unpaired) electrons. The van der Waals surface area contributed by atoms with Crippen molar-refractivity contribution >= 4 is 11.8 Å². The molecular weight excluding hydrogens is 284 g/mol. The summed E-state index contributed by atoms with van der Waals surface area (Å²) in [6.07, 6.45) is 0.258. The van der Waals surface area contributed by atoms with Gasteiger partial charge in [0.25, 0.3) is 0 Å². The Labute approximate surface area is 130 Å². The number of nitrogens with zero attached hydrogens (tertiary/aromatic N) is 1. The van der Waals surface area contributed by atoms with E-state index in [1.54, 1.807) is 19.1 Å². The van der Waals surface area contributed by atoms with Gasteiger partial charge in [-0.3, -0.25) is 9.59 Å². The molecule has 22 heavy (non-hydrogen) atoms. The van der Waals surface area contributed by atoms with E-state index in [4.69, 9.17) is 9.47 Å². The minimum Gasteiger partial charge on any atom is -0.496 e. The number of likely N-dealkylation sites (tertiary alicyclic amines) is 1. The van der Waals surface area contributed by atoms with Gasteiger partial charge in [-0.05, 0) is 6.07 Å². The summed E-state index contributed by atoms with van der Waals surface area (Å²) in [5.41, 5.74) is 0.943. The number of carbonyl (C=O) groups is 2. The Kier molecular flexibility index (Phi) is 5.77. The van der Waals surface area contributed by atoms with Gasteiger partial charge < -0.3 is 19.7 Å². The summed E-state index contributed by atoms with van der Waals surface area (Å²) in [4.78, 5) is 25.8. The first-order valence-electron chi connectivity index (χ1n) is 7.32. The molecular formula is C16H22N2O4. The molecule has 6 nitrogen and oxygen atoms in total. The Bertz CT molecular complexity index is 533. The number of rotatable bonds is 7. The van der Waals surface area contributed by atoms with Crippen LogP contribution in [-0.2, 0) is 20.9 Å². The summed E-state index contributed by atoms with van der Waals surface area (Å²) >= 11 is 0.